The third kappa shape index (κ3) is 2.40. The molecule has 1 unspecified atom stereocenters. The molecule has 1 spiro atoms. The number of amides is 1. The van der Waals surface area contributed by atoms with Crippen molar-refractivity contribution < 1.29 is 4.79 Å². The average Bonchev–Trinajstić information content (AvgIpc) is 2.29. The van der Waals surface area contributed by atoms with Crippen LogP contribution in [0.4, 0.5) is 0 Å². The van der Waals surface area contributed by atoms with E-state index in [9.17, 15) is 4.79 Å². The molecule has 2 aliphatic rings. The summed E-state index contributed by atoms with van der Waals surface area (Å²) in [5, 5.41) is 3.50. The van der Waals surface area contributed by atoms with Gasteiger partial charge < -0.3 is 10.2 Å². The highest BCUT2D eigenvalue weighted by atomic mass is 16.2. The molecule has 0 aromatic carbocycles. The fourth-order valence-corrected chi connectivity index (χ4v) is 3.14. The molecule has 1 amide bonds. The van der Waals surface area contributed by atoms with Crippen LogP contribution in [0.2, 0.25) is 0 Å². The lowest BCUT2D eigenvalue weighted by Crippen LogP contribution is -2.53. The second kappa shape index (κ2) is 4.74. The molecule has 0 bridgehead atoms. The second-order valence-corrected chi connectivity index (χ2v) is 5.80. The molecule has 2 rings (SSSR count). The molecule has 0 radical (unpaired) electrons. The van der Waals surface area contributed by atoms with Crippen molar-refractivity contribution in [1.82, 2.24) is 10.2 Å². The van der Waals surface area contributed by atoms with Gasteiger partial charge in [-0.05, 0) is 32.2 Å². The van der Waals surface area contributed by atoms with E-state index in [0.717, 1.165) is 26.2 Å². The van der Waals surface area contributed by atoms with Crippen LogP contribution in [0.3, 0.4) is 0 Å². The van der Waals surface area contributed by atoms with Crippen LogP contribution in [0.5, 0.6) is 0 Å². The standard InChI is InChI=1S/C13H24N2O/c1-11(2)12(16)15-8-4-6-13(10-15)5-3-7-14-9-13/h11,14H,3-10H2,1-2H3. The van der Waals surface area contributed by atoms with E-state index in [2.05, 4.69) is 10.2 Å². The van der Waals surface area contributed by atoms with E-state index in [1.165, 1.54) is 25.7 Å². The summed E-state index contributed by atoms with van der Waals surface area (Å²) in [7, 11) is 0. The molecule has 0 aromatic heterocycles. The summed E-state index contributed by atoms with van der Waals surface area (Å²) < 4.78 is 0. The Labute approximate surface area is 98.6 Å². The third-order valence-electron chi connectivity index (χ3n) is 4.03. The van der Waals surface area contributed by atoms with Crippen molar-refractivity contribution in [3.05, 3.63) is 0 Å². The van der Waals surface area contributed by atoms with Gasteiger partial charge in [-0.2, -0.15) is 0 Å². The Kier molecular flexibility index (Phi) is 3.53. The molecule has 16 heavy (non-hydrogen) atoms. The molecule has 92 valence electrons. The van der Waals surface area contributed by atoms with Crippen LogP contribution in [0, 0.1) is 11.3 Å². The first-order chi connectivity index (χ1) is 7.63. The van der Waals surface area contributed by atoms with Crippen molar-refractivity contribution in [1.29, 1.82) is 0 Å². The summed E-state index contributed by atoms with van der Waals surface area (Å²) in [6, 6.07) is 0. The Balaban J connectivity index is 2.00. The van der Waals surface area contributed by atoms with Crippen molar-refractivity contribution in [2.45, 2.75) is 39.5 Å². The van der Waals surface area contributed by atoms with Crippen LogP contribution in [0.25, 0.3) is 0 Å². The van der Waals surface area contributed by atoms with Gasteiger partial charge in [-0.15, -0.1) is 0 Å². The molecule has 0 saturated carbocycles. The largest absolute Gasteiger partial charge is 0.342 e. The number of carbonyl (C=O) groups excluding carboxylic acids is 1. The highest BCUT2D eigenvalue weighted by Gasteiger charge is 2.38. The molecule has 1 N–H and O–H groups in total. The summed E-state index contributed by atoms with van der Waals surface area (Å²) >= 11 is 0. The van der Waals surface area contributed by atoms with Gasteiger partial charge in [0, 0.05) is 31.0 Å². The van der Waals surface area contributed by atoms with Crippen LogP contribution in [-0.4, -0.2) is 37.0 Å². The first kappa shape index (κ1) is 11.9. The Morgan fingerprint density at radius 1 is 1.31 bits per heavy atom. The van der Waals surface area contributed by atoms with Crippen LogP contribution < -0.4 is 5.32 Å². The van der Waals surface area contributed by atoms with Crippen molar-refractivity contribution in [2.24, 2.45) is 11.3 Å². The van der Waals surface area contributed by atoms with Crippen LogP contribution in [0.1, 0.15) is 39.5 Å². The summed E-state index contributed by atoms with van der Waals surface area (Å²) in [4.78, 5) is 14.1. The monoisotopic (exact) mass is 224 g/mol. The van der Waals surface area contributed by atoms with Crippen LogP contribution >= 0.6 is 0 Å². The van der Waals surface area contributed by atoms with Crippen molar-refractivity contribution in [3.8, 4) is 0 Å². The Hall–Kier alpha value is -0.570. The van der Waals surface area contributed by atoms with Gasteiger partial charge in [0.2, 0.25) is 5.91 Å². The van der Waals surface area contributed by atoms with E-state index in [0.29, 0.717) is 11.3 Å². The number of nitrogens with one attached hydrogen (secondary N) is 1. The number of carbonyl (C=O) groups is 1. The van der Waals surface area contributed by atoms with E-state index >= 15 is 0 Å². The molecule has 3 nitrogen and oxygen atoms in total. The molecule has 2 fully saturated rings. The Bertz CT molecular complexity index is 251. The van der Waals surface area contributed by atoms with Gasteiger partial charge in [-0.25, -0.2) is 0 Å². The highest BCUT2D eigenvalue weighted by molar-refractivity contribution is 5.78. The normalized spacial score (nSPS) is 31.1. The number of piperidine rings is 2. The Morgan fingerprint density at radius 2 is 2.06 bits per heavy atom. The first-order valence-electron chi connectivity index (χ1n) is 6.62. The minimum absolute atomic E-state index is 0.145. The lowest BCUT2D eigenvalue weighted by Gasteiger charge is -2.45. The summed E-state index contributed by atoms with van der Waals surface area (Å²) in [6.45, 7) is 8.22. The fraction of sp³-hybridized carbons (Fsp3) is 0.923. The first-order valence-corrected chi connectivity index (χ1v) is 6.62. The summed E-state index contributed by atoms with van der Waals surface area (Å²) in [6.07, 6.45) is 5.04. The van der Waals surface area contributed by atoms with Gasteiger partial charge >= 0.3 is 0 Å². The molecule has 2 heterocycles. The maximum atomic E-state index is 12.0. The molecule has 1 atom stereocenters. The van der Waals surface area contributed by atoms with Crippen molar-refractivity contribution in [2.75, 3.05) is 26.2 Å². The fourth-order valence-electron chi connectivity index (χ4n) is 3.14. The number of hydrogen-bond donors (Lipinski definition) is 1. The zero-order chi connectivity index (χ0) is 11.6. The smallest absolute Gasteiger partial charge is 0.225 e. The predicted molar refractivity (Wildman–Crippen MR) is 65.2 cm³/mol. The van der Waals surface area contributed by atoms with Gasteiger partial charge in [0.05, 0.1) is 0 Å². The van der Waals surface area contributed by atoms with Crippen molar-refractivity contribution in [3.63, 3.8) is 0 Å². The van der Waals surface area contributed by atoms with Crippen LogP contribution in [0.15, 0.2) is 0 Å². The van der Waals surface area contributed by atoms with Gasteiger partial charge in [-0.1, -0.05) is 13.8 Å². The van der Waals surface area contributed by atoms with Crippen molar-refractivity contribution >= 4 is 5.91 Å². The number of likely N-dealkylation sites (tertiary alicyclic amines) is 1. The second-order valence-electron chi connectivity index (χ2n) is 5.80. The minimum atomic E-state index is 0.145. The number of rotatable bonds is 1. The van der Waals surface area contributed by atoms with Gasteiger partial charge in [-0.3, -0.25) is 4.79 Å². The number of hydrogen-bond acceptors (Lipinski definition) is 2. The molecule has 0 aromatic rings. The van der Waals surface area contributed by atoms with E-state index in [1.54, 1.807) is 0 Å². The predicted octanol–water partition coefficient (Wildman–Crippen LogP) is 1.63. The van der Waals surface area contributed by atoms with E-state index < -0.39 is 0 Å². The maximum absolute atomic E-state index is 12.0. The van der Waals surface area contributed by atoms with Gasteiger partial charge in [0.15, 0.2) is 0 Å². The highest BCUT2D eigenvalue weighted by Crippen LogP contribution is 2.36. The van der Waals surface area contributed by atoms with E-state index in [1.807, 2.05) is 13.8 Å². The van der Waals surface area contributed by atoms with Gasteiger partial charge in [0.25, 0.3) is 0 Å². The lowest BCUT2D eigenvalue weighted by molar-refractivity contribution is -0.138. The molecule has 0 aliphatic carbocycles. The quantitative estimate of drug-likeness (QED) is 0.734. The zero-order valence-electron chi connectivity index (χ0n) is 10.6. The SMILES string of the molecule is CC(C)C(=O)N1CCCC2(CCCNC2)C1. The summed E-state index contributed by atoms with van der Waals surface area (Å²) in [5.41, 5.74) is 0.390. The molecular formula is C13H24N2O. The minimum Gasteiger partial charge on any atom is -0.342 e. The van der Waals surface area contributed by atoms with Crippen LogP contribution in [-0.2, 0) is 4.79 Å². The topological polar surface area (TPSA) is 32.3 Å². The molecule has 3 heteroatoms. The number of nitrogens with zero attached hydrogens (tertiary/aromatic N) is 1. The maximum Gasteiger partial charge on any atom is 0.225 e. The average molecular weight is 224 g/mol. The zero-order valence-corrected chi connectivity index (χ0v) is 10.6. The lowest BCUT2D eigenvalue weighted by atomic mass is 9.74. The molecule has 2 aliphatic heterocycles. The van der Waals surface area contributed by atoms with E-state index in [4.69, 9.17) is 0 Å². The summed E-state index contributed by atoms with van der Waals surface area (Å²) in [5.74, 6) is 0.483. The van der Waals surface area contributed by atoms with E-state index in [-0.39, 0.29) is 5.92 Å². The van der Waals surface area contributed by atoms with Gasteiger partial charge in [0.1, 0.15) is 0 Å². The Morgan fingerprint density at radius 3 is 2.69 bits per heavy atom. The molecule has 2 saturated heterocycles. The molecular weight excluding hydrogens is 200 g/mol. The third-order valence-corrected chi connectivity index (χ3v) is 4.03.